The van der Waals surface area contributed by atoms with Gasteiger partial charge in [-0.15, -0.1) is 0 Å². The van der Waals surface area contributed by atoms with Crippen LogP contribution in [0.1, 0.15) is 17.5 Å². The van der Waals surface area contributed by atoms with Crippen LogP contribution in [0, 0.1) is 0 Å². The van der Waals surface area contributed by atoms with Crippen molar-refractivity contribution < 1.29 is 19.0 Å². The van der Waals surface area contributed by atoms with Gasteiger partial charge in [0.2, 0.25) is 0 Å². The molecule has 1 aliphatic carbocycles. The minimum Gasteiger partial charge on any atom is -0.462 e. The number of aromatic nitrogens is 2. The van der Waals surface area contributed by atoms with Crippen molar-refractivity contribution in [2.24, 2.45) is 0 Å². The van der Waals surface area contributed by atoms with Gasteiger partial charge in [0, 0.05) is 44.5 Å². The molecule has 1 aromatic carbocycles. The number of urea groups is 1. The zero-order valence-corrected chi connectivity index (χ0v) is 19.4. The summed E-state index contributed by atoms with van der Waals surface area (Å²) in [6, 6.07) is 7.79. The van der Waals surface area contributed by atoms with Gasteiger partial charge >= 0.3 is 12.0 Å². The number of aryl methyl sites for hydroxylation is 2. The summed E-state index contributed by atoms with van der Waals surface area (Å²) in [6.07, 6.45) is 3.35. The third-order valence-electron chi connectivity index (χ3n) is 6.37. The molecule has 34 heavy (non-hydrogen) atoms. The Balaban J connectivity index is 1.25. The maximum atomic E-state index is 12.7. The van der Waals surface area contributed by atoms with Crippen LogP contribution >= 0.6 is 0 Å². The van der Waals surface area contributed by atoms with Crippen LogP contribution < -0.4 is 20.3 Å². The van der Waals surface area contributed by atoms with Crippen LogP contribution in [0.5, 0.6) is 6.01 Å². The topological polar surface area (TPSA) is 101 Å². The van der Waals surface area contributed by atoms with Crippen molar-refractivity contribution in [3.63, 3.8) is 0 Å². The Morgan fingerprint density at radius 2 is 1.71 bits per heavy atom. The molecule has 3 aliphatic rings. The van der Waals surface area contributed by atoms with Crippen molar-refractivity contribution in [2.45, 2.75) is 19.3 Å². The highest BCUT2D eigenvalue weighted by Gasteiger charge is 2.18. The number of morpholine rings is 2. The molecule has 10 heteroatoms. The molecule has 2 aromatic rings. The summed E-state index contributed by atoms with van der Waals surface area (Å²) in [4.78, 5) is 26.2. The van der Waals surface area contributed by atoms with Crippen LogP contribution in [-0.4, -0.2) is 86.7 Å². The van der Waals surface area contributed by atoms with Crippen molar-refractivity contribution >= 4 is 23.4 Å². The molecule has 0 atom stereocenters. The molecular formula is C24H32N6O4. The van der Waals surface area contributed by atoms with Gasteiger partial charge in [-0.1, -0.05) is 6.07 Å². The van der Waals surface area contributed by atoms with E-state index in [1.807, 2.05) is 6.07 Å². The molecule has 0 saturated carbocycles. The fourth-order valence-electron chi connectivity index (χ4n) is 4.51. The molecule has 1 aromatic heterocycles. The SMILES string of the molecule is O=C(Nc1ccc2c(c1)CCC2)Nc1cc(N2CCOCC2)nc(OCCN2CCOCC2)n1. The molecule has 5 rings (SSSR count). The van der Waals surface area contributed by atoms with E-state index in [4.69, 9.17) is 14.2 Å². The number of nitrogens with zero attached hydrogens (tertiary/aromatic N) is 4. The molecule has 2 N–H and O–H groups in total. The second-order valence-electron chi connectivity index (χ2n) is 8.71. The molecule has 2 saturated heterocycles. The van der Waals surface area contributed by atoms with Crippen LogP contribution in [-0.2, 0) is 22.3 Å². The first-order valence-corrected chi connectivity index (χ1v) is 12.1. The van der Waals surface area contributed by atoms with E-state index in [1.54, 1.807) is 6.07 Å². The largest absolute Gasteiger partial charge is 0.462 e. The van der Waals surface area contributed by atoms with Gasteiger partial charge in [-0.2, -0.15) is 9.97 Å². The second-order valence-corrected chi connectivity index (χ2v) is 8.71. The molecule has 2 aliphatic heterocycles. The number of ether oxygens (including phenoxy) is 3. The lowest BCUT2D eigenvalue weighted by molar-refractivity contribution is 0.0317. The zero-order valence-electron chi connectivity index (χ0n) is 19.4. The standard InChI is InChI=1S/C24H32N6O4/c31-23(25-20-5-4-18-2-1-3-19(18)16-20)26-21-17-22(30-9-13-33-14-10-30)28-24(27-21)34-15-8-29-6-11-32-12-7-29/h4-5,16-17H,1-3,6-15H2,(H2,25,26,27,28,31). The Kier molecular flexibility index (Phi) is 7.37. The monoisotopic (exact) mass is 468 g/mol. The number of benzene rings is 1. The lowest BCUT2D eigenvalue weighted by Gasteiger charge is -2.28. The highest BCUT2D eigenvalue weighted by molar-refractivity contribution is 5.99. The normalized spacial score (nSPS) is 18.4. The molecule has 0 radical (unpaired) electrons. The molecule has 0 spiro atoms. The quantitative estimate of drug-likeness (QED) is 0.638. The molecule has 2 amide bonds. The summed E-state index contributed by atoms with van der Waals surface area (Å²) in [6.45, 7) is 7.26. The first kappa shape index (κ1) is 22.8. The van der Waals surface area contributed by atoms with Gasteiger partial charge in [0.15, 0.2) is 0 Å². The lowest BCUT2D eigenvalue weighted by atomic mass is 10.1. The highest BCUT2D eigenvalue weighted by atomic mass is 16.5. The van der Waals surface area contributed by atoms with E-state index < -0.39 is 0 Å². The highest BCUT2D eigenvalue weighted by Crippen LogP contribution is 2.25. The van der Waals surface area contributed by atoms with E-state index in [1.165, 1.54) is 17.5 Å². The van der Waals surface area contributed by atoms with E-state index in [0.717, 1.165) is 64.5 Å². The van der Waals surface area contributed by atoms with Crippen molar-refractivity contribution in [1.29, 1.82) is 0 Å². The van der Waals surface area contributed by atoms with Gasteiger partial charge in [-0.25, -0.2) is 4.79 Å². The summed E-state index contributed by atoms with van der Waals surface area (Å²) in [5.41, 5.74) is 3.46. The fourth-order valence-corrected chi connectivity index (χ4v) is 4.51. The Hall–Kier alpha value is -2.95. The Bertz CT molecular complexity index is 991. The predicted octanol–water partition coefficient (Wildman–Crippen LogP) is 2.16. The van der Waals surface area contributed by atoms with E-state index in [0.29, 0.717) is 31.5 Å². The van der Waals surface area contributed by atoms with Gasteiger partial charge in [-0.3, -0.25) is 10.2 Å². The van der Waals surface area contributed by atoms with E-state index in [9.17, 15) is 4.79 Å². The number of hydrogen-bond acceptors (Lipinski definition) is 8. The smallest absolute Gasteiger partial charge is 0.324 e. The molecule has 182 valence electrons. The average molecular weight is 469 g/mol. The Labute approximate surface area is 199 Å². The van der Waals surface area contributed by atoms with Crippen LogP contribution in [0.3, 0.4) is 0 Å². The summed E-state index contributed by atoms with van der Waals surface area (Å²) in [5.74, 6) is 1.11. The van der Waals surface area contributed by atoms with Gasteiger partial charge in [0.1, 0.15) is 18.2 Å². The number of carbonyl (C=O) groups is 1. The van der Waals surface area contributed by atoms with Crippen molar-refractivity contribution in [3.8, 4) is 6.01 Å². The average Bonchev–Trinajstić information content (AvgIpc) is 3.33. The zero-order chi connectivity index (χ0) is 23.2. The Morgan fingerprint density at radius 3 is 2.53 bits per heavy atom. The van der Waals surface area contributed by atoms with Gasteiger partial charge < -0.3 is 24.4 Å². The summed E-state index contributed by atoms with van der Waals surface area (Å²) >= 11 is 0. The van der Waals surface area contributed by atoms with E-state index in [-0.39, 0.29) is 12.0 Å². The third kappa shape index (κ3) is 5.94. The number of fused-ring (bicyclic) bond motifs is 1. The minimum atomic E-state index is -0.344. The van der Waals surface area contributed by atoms with E-state index >= 15 is 0 Å². The number of amides is 2. The summed E-state index contributed by atoms with van der Waals surface area (Å²) in [5, 5.41) is 5.77. The number of anilines is 3. The van der Waals surface area contributed by atoms with Crippen molar-refractivity contribution in [1.82, 2.24) is 14.9 Å². The van der Waals surface area contributed by atoms with Crippen LogP contribution in [0.25, 0.3) is 0 Å². The Morgan fingerprint density at radius 1 is 0.941 bits per heavy atom. The number of carbonyl (C=O) groups excluding carboxylic acids is 1. The van der Waals surface area contributed by atoms with Crippen LogP contribution in [0.4, 0.5) is 22.1 Å². The van der Waals surface area contributed by atoms with Crippen LogP contribution in [0.2, 0.25) is 0 Å². The van der Waals surface area contributed by atoms with Crippen molar-refractivity contribution in [3.05, 3.63) is 35.4 Å². The van der Waals surface area contributed by atoms with Gasteiger partial charge in [0.05, 0.1) is 26.4 Å². The molecule has 0 unspecified atom stereocenters. The summed E-state index contributed by atoms with van der Waals surface area (Å²) < 4.78 is 16.8. The fraction of sp³-hybridized carbons (Fsp3) is 0.542. The second kappa shape index (κ2) is 11.0. The maximum Gasteiger partial charge on any atom is 0.324 e. The number of hydrogen-bond donors (Lipinski definition) is 2. The molecule has 3 heterocycles. The molecular weight excluding hydrogens is 436 g/mol. The summed E-state index contributed by atoms with van der Waals surface area (Å²) in [7, 11) is 0. The predicted molar refractivity (Wildman–Crippen MR) is 129 cm³/mol. The molecule has 10 nitrogen and oxygen atoms in total. The first-order valence-electron chi connectivity index (χ1n) is 12.1. The van der Waals surface area contributed by atoms with E-state index in [2.05, 4.69) is 42.5 Å². The molecule has 2 fully saturated rings. The maximum absolute atomic E-state index is 12.7. The van der Waals surface area contributed by atoms with Crippen LogP contribution in [0.15, 0.2) is 24.3 Å². The molecule has 0 bridgehead atoms. The number of rotatable bonds is 7. The first-order chi connectivity index (χ1) is 16.7. The minimum absolute atomic E-state index is 0.255. The number of nitrogens with one attached hydrogen (secondary N) is 2. The van der Waals surface area contributed by atoms with Gasteiger partial charge in [0.25, 0.3) is 0 Å². The lowest BCUT2D eigenvalue weighted by Crippen LogP contribution is -2.39. The van der Waals surface area contributed by atoms with Crippen molar-refractivity contribution in [2.75, 3.05) is 81.3 Å². The third-order valence-corrected chi connectivity index (χ3v) is 6.37. The van der Waals surface area contributed by atoms with Gasteiger partial charge in [-0.05, 0) is 42.5 Å².